The fourth-order valence-corrected chi connectivity index (χ4v) is 2.89. The monoisotopic (exact) mass is 445 g/mol. The Hall–Kier alpha value is -3.99. The average molecular weight is 446 g/mol. The number of rotatable bonds is 7. The number of hydrogen-bond acceptors (Lipinski definition) is 7. The SMILES string of the molecule is Cc1cc([N+](=O)[O-])nn1C(C)C(=O)Nc1cc(Oc2ccc(Cl)cc2)cc([N+](=O)[O-])c1. The Morgan fingerprint density at radius 1 is 1.10 bits per heavy atom. The van der Waals surface area contributed by atoms with Crippen molar-refractivity contribution in [2.45, 2.75) is 19.9 Å². The molecule has 0 saturated heterocycles. The molecule has 1 unspecified atom stereocenters. The van der Waals surface area contributed by atoms with Crippen LogP contribution in [0.15, 0.2) is 48.5 Å². The highest BCUT2D eigenvalue weighted by molar-refractivity contribution is 6.30. The zero-order chi connectivity index (χ0) is 22.7. The van der Waals surface area contributed by atoms with Crippen LogP contribution in [0.25, 0.3) is 0 Å². The normalized spacial score (nSPS) is 11.6. The Bertz CT molecular complexity index is 1160. The first-order chi connectivity index (χ1) is 14.6. The van der Waals surface area contributed by atoms with Gasteiger partial charge >= 0.3 is 5.82 Å². The molecule has 11 nitrogen and oxygen atoms in total. The number of aromatic nitrogens is 2. The Kier molecular flexibility index (Phi) is 6.16. The van der Waals surface area contributed by atoms with Crippen molar-refractivity contribution in [2.24, 2.45) is 0 Å². The van der Waals surface area contributed by atoms with Crippen molar-refractivity contribution in [1.29, 1.82) is 0 Å². The lowest BCUT2D eigenvalue weighted by atomic mass is 10.2. The van der Waals surface area contributed by atoms with Gasteiger partial charge in [-0.1, -0.05) is 11.6 Å². The van der Waals surface area contributed by atoms with E-state index in [0.717, 1.165) is 0 Å². The molecule has 0 aliphatic heterocycles. The third kappa shape index (κ3) is 5.14. The third-order valence-electron chi connectivity index (χ3n) is 4.26. The van der Waals surface area contributed by atoms with E-state index < -0.39 is 21.8 Å². The van der Waals surface area contributed by atoms with Gasteiger partial charge in [0, 0.05) is 17.2 Å². The molecular weight excluding hydrogens is 430 g/mol. The van der Waals surface area contributed by atoms with Gasteiger partial charge in [-0.2, -0.15) is 4.68 Å². The number of nitrogens with zero attached hydrogens (tertiary/aromatic N) is 4. The summed E-state index contributed by atoms with van der Waals surface area (Å²) in [6.45, 7) is 3.08. The predicted octanol–water partition coefficient (Wildman–Crippen LogP) is 4.65. The highest BCUT2D eigenvalue weighted by atomic mass is 35.5. The minimum Gasteiger partial charge on any atom is -0.457 e. The van der Waals surface area contributed by atoms with E-state index in [0.29, 0.717) is 16.5 Å². The van der Waals surface area contributed by atoms with Gasteiger partial charge in [0.15, 0.2) is 0 Å². The fourth-order valence-electron chi connectivity index (χ4n) is 2.77. The molecule has 1 amide bonds. The van der Waals surface area contributed by atoms with E-state index in [9.17, 15) is 25.0 Å². The highest BCUT2D eigenvalue weighted by Crippen LogP contribution is 2.31. The molecule has 1 atom stereocenters. The number of nitro groups is 2. The van der Waals surface area contributed by atoms with Gasteiger partial charge in [-0.3, -0.25) is 14.9 Å². The Labute approximate surface area is 180 Å². The zero-order valence-corrected chi connectivity index (χ0v) is 17.1. The molecule has 160 valence electrons. The molecule has 1 aromatic heterocycles. The van der Waals surface area contributed by atoms with Gasteiger partial charge in [-0.15, -0.1) is 0 Å². The van der Waals surface area contributed by atoms with Crippen molar-refractivity contribution >= 4 is 34.7 Å². The van der Waals surface area contributed by atoms with Crippen molar-refractivity contribution in [3.63, 3.8) is 0 Å². The second kappa shape index (κ2) is 8.79. The first-order valence-corrected chi connectivity index (χ1v) is 9.26. The summed E-state index contributed by atoms with van der Waals surface area (Å²) in [7, 11) is 0. The van der Waals surface area contributed by atoms with Gasteiger partial charge in [-0.25, -0.2) is 0 Å². The molecule has 0 radical (unpaired) electrons. The predicted molar refractivity (Wildman–Crippen MR) is 112 cm³/mol. The van der Waals surface area contributed by atoms with Crippen LogP contribution >= 0.6 is 11.6 Å². The van der Waals surface area contributed by atoms with Crippen LogP contribution < -0.4 is 10.1 Å². The molecule has 1 heterocycles. The summed E-state index contributed by atoms with van der Waals surface area (Å²) in [5, 5.41) is 29.1. The third-order valence-corrected chi connectivity index (χ3v) is 4.51. The Morgan fingerprint density at radius 2 is 1.77 bits per heavy atom. The van der Waals surface area contributed by atoms with Crippen LogP contribution in [0, 0.1) is 27.2 Å². The number of carbonyl (C=O) groups excluding carboxylic acids is 1. The first-order valence-electron chi connectivity index (χ1n) is 8.88. The van der Waals surface area contributed by atoms with Gasteiger partial charge in [0.1, 0.15) is 17.5 Å². The summed E-state index contributed by atoms with van der Waals surface area (Å²) in [6.07, 6.45) is 0. The molecule has 2 aromatic carbocycles. The quantitative estimate of drug-likeness (QED) is 0.411. The molecule has 0 aliphatic rings. The number of non-ortho nitro benzene ring substituents is 1. The van der Waals surface area contributed by atoms with Crippen molar-refractivity contribution < 1.29 is 19.4 Å². The van der Waals surface area contributed by atoms with Crippen molar-refractivity contribution in [2.75, 3.05) is 5.32 Å². The van der Waals surface area contributed by atoms with E-state index in [1.165, 1.54) is 35.9 Å². The van der Waals surface area contributed by atoms with Gasteiger partial charge in [0.2, 0.25) is 0 Å². The van der Waals surface area contributed by atoms with Crippen molar-refractivity contribution in [3.8, 4) is 11.5 Å². The van der Waals surface area contributed by atoms with Gasteiger partial charge in [0.05, 0.1) is 33.5 Å². The number of aryl methyl sites for hydroxylation is 1. The minimum absolute atomic E-state index is 0.120. The summed E-state index contributed by atoms with van der Waals surface area (Å²) in [6, 6.07) is 10.5. The van der Waals surface area contributed by atoms with Crippen molar-refractivity contribution in [3.05, 3.63) is 79.5 Å². The zero-order valence-electron chi connectivity index (χ0n) is 16.3. The summed E-state index contributed by atoms with van der Waals surface area (Å²) >= 11 is 5.84. The van der Waals surface area contributed by atoms with Gasteiger partial charge in [-0.05, 0) is 43.0 Å². The lowest BCUT2D eigenvalue weighted by Gasteiger charge is -2.13. The molecule has 0 spiro atoms. The molecule has 0 saturated carbocycles. The smallest absolute Gasteiger partial charge is 0.390 e. The number of carbonyl (C=O) groups is 1. The maximum atomic E-state index is 12.7. The first kappa shape index (κ1) is 21.7. The number of nitro benzene ring substituents is 1. The van der Waals surface area contributed by atoms with Crippen LogP contribution in [0.4, 0.5) is 17.2 Å². The number of halogens is 1. The maximum absolute atomic E-state index is 12.7. The van der Waals surface area contributed by atoms with Crippen LogP contribution in [0.1, 0.15) is 18.7 Å². The second-order valence-corrected chi connectivity index (χ2v) is 6.98. The van der Waals surface area contributed by atoms with Crippen LogP contribution in [-0.2, 0) is 4.79 Å². The minimum atomic E-state index is -0.909. The Balaban J connectivity index is 1.85. The summed E-state index contributed by atoms with van der Waals surface area (Å²) in [4.78, 5) is 33.6. The summed E-state index contributed by atoms with van der Waals surface area (Å²) in [5.74, 6) is -0.425. The van der Waals surface area contributed by atoms with E-state index in [1.807, 2.05) is 0 Å². The lowest BCUT2D eigenvalue weighted by Crippen LogP contribution is -2.25. The summed E-state index contributed by atoms with van der Waals surface area (Å²) in [5.41, 5.74) is 0.245. The summed E-state index contributed by atoms with van der Waals surface area (Å²) < 4.78 is 6.84. The topological polar surface area (TPSA) is 142 Å². The van der Waals surface area contributed by atoms with Crippen LogP contribution in [0.2, 0.25) is 5.02 Å². The lowest BCUT2D eigenvalue weighted by molar-refractivity contribution is -0.389. The standard InChI is InChI=1S/C19H16ClN5O6/c1-11-7-18(25(29)30)22-23(11)12(2)19(26)21-14-8-15(24(27)28)10-17(9-14)31-16-5-3-13(20)4-6-16/h3-10,12H,1-2H3,(H,21,26). The molecule has 1 N–H and O–H groups in total. The molecule has 0 fully saturated rings. The van der Waals surface area contributed by atoms with Gasteiger partial charge < -0.3 is 20.2 Å². The number of amides is 1. The number of ether oxygens (including phenoxy) is 1. The van der Waals surface area contributed by atoms with Gasteiger partial charge in [0.25, 0.3) is 11.6 Å². The highest BCUT2D eigenvalue weighted by Gasteiger charge is 2.25. The fraction of sp³-hybridized carbons (Fsp3) is 0.158. The van der Waals surface area contributed by atoms with E-state index in [2.05, 4.69) is 10.4 Å². The molecule has 0 bridgehead atoms. The average Bonchev–Trinajstić information content (AvgIpc) is 3.11. The molecule has 3 aromatic rings. The maximum Gasteiger partial charge on any atom is 0.390 e. The van der Waals surface area contributed by atoms with E-state index in [-0.39, 0.29) is 22.9 Å². The number of hydrogen-bond donors (Lipinski definition) is 1. The largest absolute Gasteiger partial charge is 0.457 e. The molecule has 12 heteroatoms. The van der Waals surface area contributed by atoms with Crippen LogP contribution in [0.3, 0.4) is 0 Å². The number of benzene rings is 2. The van der Waals surface area contributed by atoms with E-state index in [1.54, 1.807) is 31.2 Å². The Morgan fingerprint density at radius 3 is 2.35 bits per heavy atom. The van der Waals surface area contributed by atoms with Crippen LogP contribution in [-0.4, -0.2) is 25.5 Å². The molecule has 3 rings (SSSR count). The molecular formula is C19H16ClN5O6. The molecule has 0 aliphatic carbocycles. The molecule has 31 heavy (non-hydrogen) atoms. The second-order valence-electron chi connectivity index (χ2n) is 6.54. The van der Waals surface area contributed by atoms with E-state index >= 15 is 0 Å². The number of nitrogens with one attached hydrogen (secondary N) is 1. The van der Waals surface area contributed by atoms with Crippen LogP contribution in [0.5, 0.6) is 11.5 Å². The number of anilines is 1. The van der Waals surface area contributed by atoms with E-state index in [4.69, 9.17) is 16.3 Å². The van der Waals surface area contributed by atoms with Crippen molar-refractivity contribution in [1.82, 2.24) is 9.78 Å².